The van der Waals surface area contributed by atoms with Gasteiger partial charge in [0.2, 0.25) is 11.8 Å². The van der Waals surface area contributed by atoms with Crippen LogP contribution in [-0.4, -0.2) is 40.0 Å². The van der Waals surface area contributed by atoms with Crippen molar-refractivity contribution in [1.82, 2.24) is 14.9 Å². The minimum atomic E-state index is -1.18. The number of hydrogen-bond donors (Lipinski definition) is 1. The molecule has 212 valence electrons. The maximum atomic E-state index is 14.5. The summed E-state index contributed by atoms with van der Waals surface area (Å²) in [6.45, 7) is 6.15. The summed E-state index contributed by atoms with van der Waals surface area (Å²) < 4.78 is 6.69. The van der Waals surface area contributed by atoms with Gasteiger partial charge in [-0.15, -0.1) is 0 Å². The van der Waals surface area contributed by atoms with E-state index < -0.39 is 23.3 Å². The molecule has 1 aromatic heterocycles. The second kappa shape index (κ2) is 9.46. The number of aromatic nitrogens is 2. The lowest BCUT2D eigenvalue weighted by Crippen LogP contribution is -2.50. The highest BCUT2D eigenvalue weighted by atomic mass is 16.5. The molecule has 2 amide bonds. The van der Waals surface area contributed by atoms with Gasteiger partial charge in [-0.05, 0) is 61.7 Å². The van der Waals surface area contributed by atoms with E-state index in [2.05, 4.69) is 19.2 Å². The largest absolute Gasteiger partial charge is 0.462 e. The fraction of sp³-hybridized carbons (Fsp3) is 0.303. The van der Waals surface area contributed by atoms with Gasteiger partial charge in [-0.3, -0.25) is 24.3 Å². The molecule has 2 unspecified atom stereocenters. The van der Waals surface area contributed by atoms with E-state index in [4.69, 9.17) is 9.72 Å². The van der Waals surface area contributed by atoms with Crippen LogP contribution in [0.25, 0.3) is 16.6 Å². The Labute approximate surface area is 242 Å². The molecule has 9 nitrogen and oxygen atoms in total. The van der Waals surface area contributed by atoms with Gasteiger partial charge in [-0.25, -0.2) is 14.7 Å². The standard InChI is InChI=1S/C33H30N4O5/c1-4-42-31(41)19-13-15-20(16-14-19)36-29(39)26-24(17-18(2)3)35-33(27(26)30(36)40)22-10-6-8-12-25(22)37-28(38)21-9-5-7-11-23(21)34-32(33)37/h5-16,18,24,26-27,35H,4,17H2,1-3H3/t24?,26-,27+,33?/m0/s1. The van der Waals surface area contributed by atoms with Crippen molar-refractivity contribution in [2.45, 2.75) is 38.8 Å². The van der Waals surface area contributed by atoms with Crippen LogP contribution in [0.1, 0.15) is 48.9 Å². The Morgan fingerprint density at radius 2 is 1.69 bits per heavy atom. The smallest absolute Gasteiger partial charge is 0.338 e. The molecular weight excluding hydrogens is 532 g/mol. The molecular formula is C33H30N4O5. The van der Waals surface area contributed by atoms with Crippen LogP contribution in [-0.2, 0) is 19.9 Å². The van der Waals surface area contributed by atoms with Crippen LogP contribution in [0.2, 0.25) is 0 Å². The number of nitrogens with one attached hydrogen (secondary N) is 1. The maximum Gasteiger partial charge on any atom is 0.338 e. The van der Waals surface area contributed by atoms with Crippen LogP contribution in [0.3, 0.4) is 0 Å². The fourth-order valence-corrected chi connectivity index (χ4v) is 7.14. The molecule has 0 aliphatic carbocycles. The van der Waals surface area contributed by atoms with E-state index in [0.29, 0.717) is 40.1 Å². The quantitative estimate of drug-likeness (QED) is 0.290. The molecule has 2 saturated heterocycles. The monoisotopic (exact) mass is 562 g/mol. The Morgan fingerprint density at radius 1 is 0.976 bits per heavy atom. The van der Waals surface area contributed by atoms with Gasteiger partial charge in [0.15, 0.2) is 0 Å². The lowest BCUT2D eigenvalue weighted by Gasteiger charge is -2.32. The second-order valence-corrected chi connectivity index (χ2v) is 11.6. The van der Waals surface area contributed by atoms with Gasteiger partial charge in [0.05, 0.1) is 46.3 Å². The Balaban J connectivity index is 1.43. The lowest BCUT2D eigenvalue weighted by molar-refractivity contribution is -0.123. The normalized spacial score (nSPS) is 24.0. The number of esters is 1. The topological polar surface area (TPSA) is 111 Å². The minimum Gasteiger partial charge on any atom is -0.462 e. The first kappa shape index (κ1) is 26.3. The number of ether oxygens (including phenoxy) is 1. The molecule has 4 atom stereocenters. The van der Waals surface area contributed by atoms with Crippen molar-refractivity contribution in [3.63, 3.8) is 0 Å². The minimum absolute atomic E-state index is 0.214. The van der Waals surface area contributed by atoms with Crippen LogP contribution in [0.15, 0.2) is 77.6 Å². The van der Waals surface area contributed by atoms with Gasteiger partial charge in [0, 0.05) is 11.6 Å². The highest BCUT2D eigenvalue weighted by Gasteiger charge is 2.69. The summed E-state index contributed by atoms with van der Waals surface area (Å²) in [7, 11) is 0. The number of nitrogens with zero attached hydrogens (tertiary/aromatic N) is 3. The number of anilines is 1. The van der Waals surface area contributed by atoms with Crippen molar-refractivity contribution in [1.29, 1.82) is 0 Å². The molecule has 4 aromatic rings. The molecule has 0 radical (unpaired) electrons. The summed E-state index contributed by atoms with van der Waals surface area (Å²) in [6, 6.07) is 20.7. The number of carbonyl (C=O) groups excluding carboxylic acids is 3. The number of rotatable bonds is 5. The van der Waals surface area contributed by atoms with Crippen molar-refractivity contribution in [3.05, 3.63) is 100 Å². The van der Waals surface area contributed by atoms with Gasteiger partial charge in [0.1, 0.15) is 11.4 Å². The first-order chi connectivity index (χ1) is 20.3. The van der Waals surface area contributed by atoms with Crippen LogP contribution in [0.5, 0.6) is 0 Å². The third kappa shape index (κ3) is 3.49. The summed E-state index contributed by atoms with van der Waals surface area (Å²) in [5, 5.41) is 4.21. The summed E-state index contributed by atoms with van der Waals surface area (Å²) >= 11 is 0. The average molecular weight is 563 g/mol. The number of para-hydroxylation sites is 2. The van der Waals surface area contributed by atoms with Gasteiger partial charge >= 0.3 is 5.97 Å². The summed E-state index contributed by atoms with van der Waals surface area (Å²) in [5.74, 6) is -1.98. The zero-order chi connectivity index (χ0) is 29.3. The van der Waals surface area contributed by atoms with Crippen LogP contribution < -0.4 is 15.8 Å². The van der Waals surface area contributed by atoms with Crippen molar-refractivity contribution in [2.75, 3.05) is 11.5 Å². The number of benzene rings is 3. The molecule has 42 heavy (non-hydrogen) atoms. The molecule has 9 heteroatoms. The summed E-state index contributed by atoms with van der Waals surface area (Å²) in [6.07, 6.45) is 0.650. The van der Waals surface area contributed by atoms with Gasteiger partial charge in [0.25, 0.3) is 5.56 Å². The molecule has 0 saturated carbocycles. The second-order valence-electron chi connectivity index (χ2n) is 11.6. The molecule has 4 heterocycles. The summed E-state index contributed by atoms with van der Waals surface area (Å²) in [5.41, 5.74) is 1.28. The van der Waals surface area contributed by atoms with Crippen LogP contribution in [0, 0.1) is 17.8 Å². The Morgan fingerprint density at radius 3 is 2.43 bits per heavy atom. The third-order valence-electron chi connectivity index (χ3n) is 8.72. The van der Waals surface area contributed by atoms with Gasteiger partial charge < -0.3 is 4.74 Å². The number of carbonyl (C=O) groups is 3. The SMILES string of the molecule is CCOC(=O)c1ccc(N2C(=O)[C@H]3C(CC(C)C)NC4(c5ccccc5-n5c4nc4ccccc4c5=O)[C@H]3C2=O)cc1. The predicted octanol–water partition coefficient (Wildman–Crippen LogP) is 3.94. The highest BCUT2D eigenvalue weighted by Crippen LogP contribution is 2.56. The maximum absolute atomic E-state index is 14.5. The van der Waals surface area contributed by atoms with Crippen LogP contribution in [0.4, 0.5) is 5.69 Å². The van der Waals surface area contributed by atoms with E-state index in [-0.39, 0.29) is 35.9 Å². The van der Waals surface area contributed by atoms with Crippen molar-refractivity contribution >= 4 is 34.4 Å². The van der Waals surface area contributed by atoms with Gasteiger partial charge in [-0.2, -0.15) is 0 Å². The van der Waals surface area contributed by atoms with Crippen LogP contribution >= 0.6 is 0 Å². The highest BCUT2D eigenvalue weighted by molar-refractivity contribution is 6.23. The molecule has 3 aromatic carbocycles. The molecule has 3 aliphatic heterocycles. The molecule has 2 fully saturated rings. The Bertz CT molecular complexity index is 1850. The lowest BCUT2D eigenvalue weighted by atomic mass is 9.75. The molecule has 1 N–H and O–H groups in total. The number of hydrogen-bond acceptors (Lipinski definition) is 7. The van der Waals surface area contributed by atoms with E-state index in [9.17, 15) is 19.2 Å². The third-order valence-corrected chi connectivity index (χ3v) is 8.72. The zero-order valence-electron chi connectivity index (χ0n) is 23.5. The molecule has 3 aliphatic rings. The average Bonchev–Trinajstić information content (AvgIpc) is 3.56. The van der Waals surface area contributed by atoms with E-state index >= 15 is 0 Å². The number of fused-ring (bicyclic) bond motifs is 8. The van der Waals surface area contributed by atoms with Crippen molar-refractivity contribution in [2.24, 2.45) is 17.8 Å². The van der Waals surface area contributed by atoms with E-state index in [1.54, 1.807) is 47.9 Å². The van der Waals surface area contributed by atoms with Gasteiger partial charge in [-0.1, -0.05) is 44.2 Å². The molecule has 7 rings (SSSR count). The van der Waals surface area contributed by atoms with E-state index in [0.717, 1.165) is 5.56 Å². The predicted molar refractivity (Wildman–Crippen MR) is 156 cm³/mol. The molecule has 1 spiro atoms. The van der Waals surface area contributed by atoms with Crippen molar-refractivity contribution < 1.29 is 19.1 Å². The van der Waals surface area contributed by atoms with E-state index in [1.807, 2.05) is 36.4 Å². The molecule has 0 bridgehead atoms. The first-order valence-corrected chi connectivity index (χ1v) is 14.3. The Kier molecular flexibility index (Phi) is 5.92. The van der Waals surface area contributed by atoms with E-state index in [1.165, 1.54) is 4.90 Å². The van der Waals surface area contributed by atoms with Crippen molar-refractivity contribution in [3.8, 4) is 5.69 Å². The Hall–Kier alpha value is -4.63. The number of imide groups is 1. The zero-order valence-corrected chi connectivity index (χ0v) is 23.5. The first-order valence-electron chi connectivity index (χ1n) is 14.3. The summed E-state index contributed by atoms with van der Waals surface area (Å²) in [4.78, 5) is 61.2. The fourth-order valence-electron chi connectivity index (χ4n) is 7.14. The number of amides is 2.